The molecule has 3 heteroatoms. The van der Waals surface area contributed by atoms with Crippen molar-refractivity contribution in [3.63, 3.8) is 0 Å². The number of ether oxygens (including phenoxy) is 1. The van der Waals surface area contributed by atoms with Crippen molar-refractivity contribution in [2.24, 2.45) is 0 Å². The van der Waals surface area contributed by atoms with Gasteiger partial charge in [0, 0.05) is 12.6 Å². The summed E-state index contributed by atoms with van der Waals surface area (Å²) in [4.78, 5) is 0. The molecule has 1 heterocycles. The van der Waals surface area contributed by atoms with Crippen LogP contribution in [-0.2, 0) is 4.74 Å². The van der Waals surface area contributed by atoms with Crippen molar-refractivity contribution in [1.29, 1.82) is 0 Å². The molecule has 0 radical (unpaired) electrons. The van der Waals surface area contributed by atoms with Crippen molar-refractivity contribution in [2.45, 2.75) is 31.9 Å². The Balaban J connectivity index is 2.13. The third-order valence-electron chi connectivity index (χ3n) is 3.26. The van der Waals surface area contributed by atoms with Crippen molar-refractivity contribution in [3.8, 4) is 0 Å². The second-order valence-corrected chi connectivity index (χ2v) is 4.38. The predicted octanol–water partition coefficient (Wildman–Crippen LogP) is 2.57. The molecule has 1 aromatic carbocycles. The molecule has 16 heavy (non-hydrogen) atoms. The van der Waals surface area contributed by atoms with Crippen molar-refractivity contribution >= 4 is 0 Å². The van der Waals surface area contributed by atoms with E-state index in [-0.39, 0.29) is 11.9 Å². The lowest BCUT2D eigenvalue weighted by Gasteiger charge is -2.29. The minimum Gasteiger partial charge on any atom is -0.373 e. The van der Waals surface area contributed by atoms with Crippen LogP contribution < -0.4 is 5.32 Å². The van der Waals surface area contributed by atoms with Gasteiger partial charge in [0.1, 0.15) is 5.82 Å². The lowest BCUT2D eigenvalue weighted by atomic mass is 9.97. The molecule has 0 aromatic heterocycles. The zero-order chi connectivity index (χ0) is 11.5. The third kappa shape index (κ3) is 2.42. The SMILES string of the molecule is CNC1CCOC(c2ccc(C)c(F)c2)C1. The van der Waals surface area contributed by atoms with Crippen LogP contribution in [0.4, 0.5) is 4.39 Å². The zero-order valence-electron chi connectivity index (χ0n) is 9.79. The Morgan fingerprint density at radius 3 is 2.94 bits per heavy atom. The van der Waals surface area contributed by atoms with Crippen LogP contribution in [0.3, 0.4) is 0 Å². The summed E-state index contributed by atoms with van der Waals surface area (Å²) in [5, 5.41) is 3.26. The van der Waals surface area contributed by atoms with E-state index < -0.39 is 0 Å². The fourth-order valence-corrected chi connectivity index (χ4v) is 2.10. The van der Waals surface area contributed by atoms with Gasteiger partial charge in [0.05, 0.1) is 6.10 Å². The van der Waals surface area contributed by atoms with Gasteiger partial charge >= 0.3 is 0 Å². The number of benzene rings is 1. The van der Waals surface area contributed by atoms with E-state index in [0.29, 0.717) is 11.6 Å². The maximum Gasteiger partial charge on any atom is 0.126 e. The zero-order valence-corrected chi connectivity index (χ0v) is 9.79. The molecule has 0 spiro atoms. The first kappa shape index (κ1) is 11.6. The Morgan fingerprint density at radius 2 is 2.25 bits per heavy atom. The summed E-state index contributed by atoms with van der Waals surface area (Å²) in [5.41, 5.74) is 1.63. The van der Waals surface area contributed by atoms with E-state index in [0.717, 1.165) is 25.0 Å². The highest BCUT2D eigenvalue weighted by Crippen LogP contribution is 2.28. The summed E-state index contributed by atoms with van der Waals surface area (Å²) in [6, 6.07) is 5.85. The van der Waals surface area contributed by atoms with E-state index in [2.05, 4.69) is 5.32 Å². The summed E-state index contributed by atoms with van der Waals surface area (Å²) in [6.07, 6.45) is 1.97. The summed E-state index contributed by atoms with van der Waals surface area (Å²) >= 11 is 0. The molecule has 1 aliphatic heterocycles. The van der Waals surface area contributed by atoms with Gasteiger partial charge in [-0.3, -0.25) is 0 Å². The Labute approximate surface area is 95.8 Å². The van der Waals surface area contributed by atoms with Crippen molar-refractivity contribution in [2.75, 3.05) is 13.7 Å². The quantitative estimate of drug-likeness (QED) is 0.832. The fraction of sp³-hybridized carbons (Fsp3) is 0.538. The smallest absolute Gasteiger partial charge is 0.126 e. The minimum absolute atomic E-state index is 0.0290. The van der Waals surface area contributed by atoms with E-state index in [4.69, 9.17) is 4.74 Å². The highest BCUT2D eigenvalue weighted by atomic mass is 19.1. The molecular weight excluding hydrogens is 205 g/mol. The lowest BCUT2D eigenvalue weighted by molar-refractivity contribution is 0.00138. The van der Waals surface area contributed by atoms with Crippen LogP contribution >= 0.6 is 0 Å². The van der Waals surface area contributed by atoms with Crippen molar-refractivity contribution in [1.82, 2.24) is 5.32 Å². The maximum absolute atomic E-state index is 13.4. The van der Waals surface area contributed by atoms with Gasteiger partial charge in [-0.2, -0.15) is 0 Å². The van der Waals surface area contributed by atoms with Crippen molar-refractivity contribution in [3.05, 3.63) is 35.1 Å². The number of halogens is 1. The Hall–Kier alpha value is -0.930. The first-order chi connectivity index (χ1) is 7.70. The molecule has 0 bridgehead atoms. The molecular formula is C13H18FNO. The fourth-order valence-electron chi connectivity index (χ4n) is 2.10. The molecule has 1 aliphatic rings. The average Bonchev–Trinajstić information content (AvgIpc) is 2.33. The average molecular weight is 223 g/mol. The Bertz CT molecular complexity index is 367. The number of aryl methyl sites for hydroxylation is 1. The molecule has 0 saturated carbocycles. The minimum atomic E-state index is -0.146. The normalized spacial score (nSPS) is 25.7. The van der Waals surface area contributed by atoms with Crippen LogP contribution in [0.2, 0.25) is 0 Å². The molecule has 88 valence electrons. The van der Waals surface area contributed by atoms with Crippen LogP contribution in [0, 0.1) is 12.7 Å². The van der Waals surface area contributed by atoms with Crippen LogP contribution in [0.15, 0.2) is 18.2 Å². The van der Waals surface area contributed by atoms with Gasteiger partial charge in [0.15, 0.2) is 0 Å². The van der Waals surface area contributed by atoms with Crippen LogP contribution in [-0.4, -0.2) is 19.7 Å². The summed E-state index contributed by atoms with van der Waals surface area (Å²) in [7, 11) is 1.96. The molecule has 1 N–H and O–H groups in total. The number of hydrogen-bond donors (Lipinski definition) is 1. The number of rotatable bonds is 2. The molecule has 1 fully saturated rings. The van der Waals surface area contributed by atoms with E-state index in [1.165, 1.54) is 0 Å². The highest BCUT2D eigenvalue weighted by molar-refractivity contribution is 5.25. The molecule has 2 unspecified atom stereocenters. The van der Waals surface area contributed by atoms with Gasteiger partial charge in [0.25, 0.3) is 0 Å². The van der Waals surface area contributed by atoms with Crippen molar-refractivity contribution < 1.29 is 9.13 Å². The predicted molar refractivity (Wildman–Crippen MR) is 61.9 cm³/mol. The molecule has 2 rings (SSSR count). The van der Waals surface area contributed by atoms with E-state index in [1.807, 2.05) is 19.2 Å². The second kappa shape index (κ2) is 4.93. The van der Waals surface area contributed by atoms with Gasteiger partial charge in [0.2, 0.25) is 0 Å². The molecule has 1 saturated heterocycles. The standard InChI is InChI=1S/C13H18FNO/c1-9-3-4-10(7-12(9)14)13-8-11(15-2)5-6-16-13/h3-4,7,11,13,15H,5-6,8H2,1-2H3. The van der Waals surface area contributed by atoms with E-state index >= 15 is 0 Å². The van der Waals surface area contributed by atoms with Gasteiger partial charge in [-0.1, -0.05) is 12.1 Å². The first-order valence-electron chi connectivity index (χ1n) is 5.75. The second-order valence-electron chi connectivity index (χ2n) is 4.38. The lowest BCUT2D eigenvalue weighted by Crippen LogP contribution is -2.33. The van der Waals surface area contributed by atoms with Gasteiger partial charge in [-0.15, -0.1) is 0 Å². The number of nitrogens with one attached hydrogen (secondary N) is 1. The molecule has 2 atom stereocenters. The van der Waals surface area contributed by atoms with Crippen LogP contribution in [0.25, 0.3) is 0 Å². The maximum atomic E-state index is 13.4. The van der Waals surface area contributed by atoms with Crippen LogP contribution in [0.5, 0.6) is 0 Å². The highest BCUT2D eigenvalue weighted by Gasteiger charge is 2.23. The molecule has 0 amide bonds. The first-order valence-corrected chi connectivity index (χ1v) is 5.75. The topological polar surface area (TPSA) is 21.3 Å². The Morgan fingerprint density at radius 1 is 1.44 bits per heavy atom. The third-order valence-corrected chi connectivity index (χ3v) is 3.26. The Kier molecular flexibility index (Phi) is 3.56. The monoisotopic (exact) mass is 223 g/mol. The molecule has 0 aliphatic carbocycles. The summed E-state index contributed by atoms with van der Waals surface area (Å²) in [5.74, 6) is -0.146. The van der Waals surface area contributed by atoms with Gasteiger partial charge in [-0.05, 0) is 44.0 Å². The van der Waals surface area contributed by atoms with Gasteiger partial charge < -0.3 is 10.1 Å². The molecule has 2 nitrogen and oxygen atoms in total. The van der Waals surface area contributed by atoms with Gasteiger partial charge in [-0.25, -0.2) is 4.39 Å². The largest absolute Gasteiger partial charge is 0.373 e. The van der Waals surface area contributed by atoms with E-state index in [1.54, 1.807) is 13.0 Å². The summed E-state index contributed by atoms with van der Waals surface area (Å²) < 4.78 is 19.1. The number of hydrogen-bond acceptors (Lipinski definition) is 2. The van der Waals surface area contributed by atoms with E-state index in [9.17, 15) is 4.39 Å². The summed E-state index contributed by atoms with van der Waals surface area (Å²) in [6.45, 7) is 2.52. The molecule has 1 aromatic rings. The van der Waals surface area contributed by atoms with Crippen LogP contribution in [0.1, 0.15) is 30.1 Å².